The van der Waals surface area contributed by atoms with Crippen LogP contribution in [-0.4, -0.2) is 19.9 Å². The fourth-order valence-corrected chi connectivity index (χ4v) is 5.55. The molecule has 0 spiro atoms. The maximum absolute atomic E-state index is 6.57. The summed E-state index contributed by atoms with van der Waals surface area (Å²) in [5.41, 5.74) is 11.9. The Morgan fingerprint density at radius 1 is 0.349 bits per heavy atom. The first-order valence-electron chi connectivity index (χ1n) is 14.1. The maximum Gasteiger partial charge on any atom is 0.135 e. The summed E-state index contributed by atoms with van der Waals surface area (Å²) in [6, 6.07) is 41.1. The lowest BCUT2D eigenvalue weighted by molar-refractivity contribution is 0.488. The number of rotatable bonds is 4. The molecule has 0 saturated heterocycles. The monoisotopic (exact) mass is 552 g/mol. The summed E-state index contributed by atoms with van der Waals surface area (Å²) in [5, 5.41) is 0. The largest absolute Gasteiger partial charge is 0.456 e. The summed E-state index contributed by atoms with van der Waals surface area (Å²) in [4.78, 5) is 18.2. The summed E-state index contributed by atoms with van der Waals surface area (Å²) in [7, 11) is 0. The van der Waals surface area contributed by atoms with Crippen molar-refractivity contribution in [3.8, 4) is 78.8 Å². The summed E-state index contributed by atoms with van der Waals surface area (Å²) in [5.74, 6) is 1.64. The molecule has 5 heterocycles. The van der Waals surface area contributed by atoms with Crippen molar-refractivity contribution in [3.63, 3.8) is 0 Å². The van der Waals surface area contributed by atoms with Crippen LogP contribution < -0.4 is 4.74 Å². The van der Waals surface area contributed by atoms with Gasteiger partial charge in [0.2, 0.25) is 0 Å². The van der Waals surface area contributed by atoms with E-state index in [2.05, 4.69) is 82.8 Å². The molecular formula is C38H24N4O. The van der Waals surface area contributed by atoms with Crippen LogP contribution >= 0.6 is 0 Å². The molecule has 0 radical (unpaired) electrons. The Kier molecular flexibility index (Phi) is 6.05. The Labute approximate surface area is 249 Å². The van der Waals surface area contributed by atoms with Crippen LogP contribution in [0.15, 0.2) is 146 Å². The SMILES string of the molecule is c1ccc(-c2ccc(-c3ccc4c(c3)-c3ccccc3-c3cc(-c5ccc(-c6ccccn6)nc5)ccc3O4)cn2)nc1. The first-order chi connectivity index (χ1) is 21.3. The molecule has 0 aliphatic carbocycles. The van der Waals surface area contributed by atoms with Gasteiger partial charge in [-0.2, -0.15) is 0 Å². The van der Waals surface area contributed by atoms with Crippen LogP contribution in [0.5, 0.6) is 11.5 Å². The van der Waals surface area contributed by atoms with Gasteiger partial charge in [-0.15, -0.1) is 0 Å². The first-order valence-corrected chi connectivity index (χ1v) is 14.1. The minimum absolute atomic E-state index is 0.821. The van der Waals surface area contributed by atoms with Gasteiger partial charge < -0.3 is 4.74 Å². The molecular weight excluding hydrogens is 528 g/mol. The van der Waals surface area contributed by atoms with Gasteiger partial charge in [0.15, 0.2) is 0 Å². The number of hydrogen-bond acceptors (Lipinski definition) is 5. The highest BCUT2D eigenvalue weighted by Gasteiger charge is 2.22. The molecule has 5 heteroatoms. The minimum atomic E-state index is 0.821. The summed E-state index contributed by atoms with van der Waals surface area (Å²) in [6.07, 6.45) is 7.38. The first kappa shape index (κ1) is 24.8. The summed E-state index contributed by atoms with van der Waals surface area (Å²) < 4.78 is 6.57. The van der Waals surface area contributed by atoms with Gasteiger partial charge in [0, 0.05) is 47.0 Å². The predicted octanol–water partition coefficient (Wildman–Crippen LogP) is 9.37. The van der Waals surface area contributed by atoms with E-state index in [0.717, 1.165) is 78.8 Å². The molecule has 4 aromatic heterocycles. The Hall–Kier alpha value is -5.94. The highest BCUT2D eigenvalue weighted by Crippen LogP contribution is 2.48. The van der Waals surface area contributed by atoms with E-state index < -0.39 is 0 Å². The van der Waals surface area contributed by atoms with E-state index in [-0.39, 0.29) is 0 Å². The van der Waals surface area contributed by atoms with Crippen LogP contribution in [-0.2, 0) is 0 Å². The standard InChI is InChI=1S/C38H24N4O/c1-2-8-30-29(7-1)31-21-25(27-11-15-35(41-23-27)33-9-3-5-19-39-33)13-17-37(31)43-38-18-14-26(22-32(30)38)28-12-16-36(42-24-28)34-10-4-6-20-40-34/h1-24H. The van der Waals surface area contributed by atoms with Gasteiger partial charge in [0.1, 0.15) is 11.5 Å². The van der Waals surface area contributed by atoms with Crippen molar-refractivity contribution in [3.05, 3.63) is 146 Å². The van der Waals surface area contributed by atoms with E-state index in [0.29, 0.717) is 0 Å². The summed E-state index contributed by atoms with van der Waals surface area (Å²) in [6.45, 7) is 0. The average molecular weight is 553 g/mol. The predicted molar refractivity (Wildman–Crippen MR) is 170 cm³/mol. The van der Waals surface area contributed by atoms with Crippen LogP contribution in [0, 0.1) is 0 Å². The van der Waals surface area contributed by atoms with Gasteiger partial charge in [-0.3, -0.25) is 19.9 Å². The minimum Gasteiger partial charge on any atom is -0.456 e. The fraction of sp³-hybridized carbons (Fsp3) is 0. The lowest BCUT2D eigenvalue weighted by Gasteiger charge is -2.12. The lowest BCUT2D eigenvalue weighted by atomic mass is 9.91. The number of nitrogens with zero attached hydrogens (tertiary/aromatic N) is 4. The zero-order valence-electron chi connectivity index (χ0n) is 23.1. The second-order valence-corrected chi connectivity index (χ2v) is 10.4. The third-order valence-corrected chi connectivity index (χ3v) is 7.73. The van der Waals surface area contributed by atoms with Crippen LogP contribution in [0.4, 0.5) is 0 Å². The van der Waals surface area contributed by atoms with Crippen molar-refractivity contribution in [2.45, 2.75) is 0 Å². The number of fused-ring (bicyclic) bond motifs is 5. The third kappa shape index (κ3) is 4.63. The van der Waals surface area contributed by atoms with Crippen LogP contribution in [0.2, 0.25) is 0 Å². The van der Waals surface area contributed by atoms with Crippen LogP contribution in [0.3, 0.4) is 0 Å². The highest BCUT2D eigenvalue weighted by molar-refractivity contribution is 5.93. The summed E-state index contributed by atoms with van der Waals surface area (Å²) >= 11 is 0. The van der Waals surface area contributed by atoms with Crippen molar-refractivity contribution in [2.24, 2.45) is 0 Å². The van der Waals surface area contributed by atoms with E-state index in [4.69, 9.17) is 14.7 Å². The molecule has 5 nitrogen and oxygen atoms in total. The zero-order chi connectivity index (χ0) is 28.6. The van der Waals surface area contributed by atoms with Crippen molar-refractivity contribution >= 4 is 0 Å². The molecule has 43 heavy (non-hydrogen) atoms. The fourth-order valence-electron chi connectivity index (χ4n) is 5.55. The molecule has 0 fully saturated rings. The number of aromatic nitrogens is 4. The van der Waals surface area contributed by atoms with Crippen molar-refractivity contribution in [1.82, 2.24) is 19.9 Å². The normalized spacial score (nSPS) is 11.4. The van der Waals surface area contributed by atoms with Gasteiger partial charge in [-0.25, -0.2) is 0 Å². The van der Waals surface area contributed by atoms with Crippen molar-refractivity contribution in [1.29, 1.82) is 0 Å². The molecule has 0 N–H and O–H groups in total. The molecule has 1 aliphatic heterocycles. The van der Waals surface area contributed by atoms with Crippen molar-refractivity contribution in [2.75, 3.05) is 0 Å². The molecule has 0 bridgehead atoms. The van der Waals surface area contributed by atoms with Gasteiger partial charge in [0.25, 0.3) is 0 Å². The number of ether oxygens (including phenoxy) is 1. The van der Waals surface area contributed by atoms with E-state index in [9.17, 15) is 0 Å². The Morgan fingerprint density at radius 2 is 0.791 bits per heavy atom. The van der Waals surface area contributed by atoms with Crippen LogP contribution in [0.1, 0.15) is 0 Å². The molecule has 0 atom stereocenters. The third-order valence-electron chi connectivity index (χ3n) is 7.73. The van der Waals surface area contributed by atoms with E-state index >= 15 is 0 Å². The number of pyridine rings is 4. The van der Waals surface area contributed by atoms with E-state index in [1.165, 1.54) is 0 Å². The second-order valence-electron chi connectivity index (χ2n) is 10.4. The molecule has 0 unspecified atom stereocenters. The second kappa shape index (κ2) is 10.5. The maximum atomic E-state index is 6.57. The molecule has 202 valence electrons. The Morgan fingerprint density at radius 3 is 1.21 bits per heavy atom. The Balaban J connectivity index is 1.16. The Bertz CT molecular complexity index is 1920. The molecule has 3 aromatic carbocycles. The molecule has 0 amide bonds. The molecule has 8 rings (SSSR count). The molecule has 7 aromatic rings. The topological polar surface area (TPSA) is 60.8 Å². The zero-order valence-corrected chi connectivity index (χ0v) is 23.1. The van der Waals surface area contributed by atoms with E-state index in [1.807, 2.05) is 60.9 Å². The highest BCUT2D eigenvalue weighted by atomic mass is 16.5. The quantitative estimate of drug-likeness (QED) is 0.218. The molecule has 1 aliphatic rings. The van der Waals surface area contributed by atoms with E-state index in [1.54, 1.807) is 12.4 Å². The van der Waals surface area contributed by atoms with Gasteiger partial charge >= 0.3 is 0 Å². The molecule has 0 saturated carbocycles. The van der Waals surface area contributed by atoms with Gasteiger partial charge in [-0.05, 0) is 82.9 Å². The number of benzene rings is 3. The lowest BCUT2D eigenvalue weighted by Crippen LogP contribution is -1.90. The average Bonchev–Trinajstić information content (AvgIpc) is 3.23. The smallest absolute Gasteiger partial charge is 0.135 e. The van der Waals surface area contributed by atoms with Gasteiger partial charge in [-0.1, -0.05) is 60.7 Å². The van der Waals surface area contributed by atoms with Gasteiger partial charge in [0.05, 0.1) is 22.8 Å². The van der Waals surface area contributed by atoms with Crippen molar-refractivity contribution < 1.29 is 4.74 Å². The number of hydrogen-bond donors (Lipinski definition) is 0. The van der Waals surface area contributed by atoms with Crippen LogP contribution in [0.25, 0.3) is 67.3 Å².